The Morgan fingerprint density at radius 1 is 1.00 bits per heavy atom. The lowest BCUT2D eigenvalue weighted by Crippen LogP contribution is -2.38. The zero-order chi connectivity index (χ0) is 19.2. The van der Waals surface area contributed by atoms with Crippen LogP contribution < -0.4 is 14.5 Å². The summed E-state index contributed by atoms with van der Waals surface area (Å²) >= 11 is 0. The molecule has 0 unspecified atom stereocenters. The second kappa shape index (κ2) is 6.56. The van der Waals surface area contributed by atoms with Gasteiger partial charge in [0.05, 0.1) is 35.9 Å². The lowest BCUT2D eigenvalue weighted by Gasteiger charge is -2.24. The molecule has 0 bridgehead atoms. The summed E-state index contributed by atoms with van der Waals surface area (Å²) in [6.45, 7) is 4.32. The summed E-state index contributed by atoms with van der Waals surface area (Å²) < 4.78 is 30.4. The topological polar surface area (TPSA) is 66.9 Å². The predicted molar refractivity (Wildman–Crippen MR) is 105 cm³/mol. The molecule has 142 valence electrons. The van der Waals surface area contributed by atoms with Crippen LogP contribution in [0.2, 0.25) is 0 Å². The Kier molecular flexibility index (Phi) is 4.34. The number of nitrogens with zero attached hydrogens (tertiary/aromatic N) is 2. The molecule has 0 spiro atoms. The van der Waals surface area contributed by atoms with Crippen LogP contribution in [0.15, 0.2) is 48.5 Å². The molecule has 2 aliphatic heterocycles. The lowest BCUT2D eigenvalue weighted by molar-refractivity contribution is 0.254. The van der Waals surface area contributed by atoms with E-state index in [4.69, 9.17) is 4.74 Å². The SMILES string of the molecule is CCOc1ccccc1N1C(=O)N(c2ccc(C)cc2)[C@@H]2CS(=O)(=O)C[C@@H]21. The maximum atomic E-state index is 13.4. The molecule has 7 heteroatoms. The predicted octanol–water partition coefficient (Wildman–Crippen LogP) is 3.01. The van der Waals surface area contributed by atoms with E-state index in [1.54, 1.807) is 15.9 Å². The van der Waals surface area contributed by atoms with Gasteiger partial charge in [-0.3, -0.25) is 9.80 Å². The van der Waals surface area contributed by atoms with Crippen LogP contribution in [0.4, 0.5) is 16.2 Å². The van der Waals surface area contributed by atoms with Crippen LogP contribution >= 0.6 is 0 Å². The number of amides is 2. The van der Waals surface area contributed by atoms with E-state index in [0.29, 0.717) is 23.7 Å². The number of carbonyl (C=O) groups is 1. The van der Waals surface area contributed by atoms with E-state index in [2.05, 4.69) is 0 Å². The highest BCUT2D eigenvalue weighted by molar-refractivity contribution is 7.91. The van der Waals surface area contributed by atoms with Gasteiger partial charge in [0.2, 0.25) is 0 Å². The average molecular weight is 386 g/mol. The maximum Gasteiger partial charge on any atom is 0.329 e. The van der Waals surface area contributed by atoms with Crippen molar-refractivity contribution in [1.82, 2.24) is 0 Å². The van der Waals surface area contributed by atoms with Crippen molar-refractivity contribution in [2.45, 2.75) is 25.9 Å². The van der Waals surface area contributed by atoms with Gasteiger partial charge < -0.3 is 4.74 Å². The van der Waals surface area contributed by atoms with Gasteiger partial charge in [-0.1, -0.05) is 29.8 Å². The molecule has 6 nitrogen and oxygen atoms in total. The summed E-state index contributed by atoms with van der Waals surface area (Å²) in [7, 11) is -3.22. The minimum absolute atomic E-state index is 0.0232. The number of ether oxygens (including phenoxy) is 1. The second-order valence-corrected chi connectivity index (χ2v) is 9.12. The highest BCUT2D eigenvalue weighted by atomic mass is 32.2. The number of anilines is 2. The number of rotatable bonds is 4. The van der Waals surface area contributed by atoms with Crippen molar-refractivity contribution in [2.24, 2.45) is 0 Å². The summed E-state index contributed by atoms with van der Waals surface area (Å²) in [6.07, 6.45) is 0. The zero-order valence-electron chi connectivity index (χ0n) is 15.3. The molecule has 2 saturated heterocycles. The van der Waals surface area contributed by atoms with E-state index in [9.17, 15) is 13.2 Å². The third kappa shape index (κ3) is 3.06. The van der Waals surface area contributed by atoms with Gasteiger partial charge in [-0.2, -0.15) is 0 Å². The number of aryl methyl sites for hydroxylation is 1. The van der Waals surface area contributed by atoms with Crippen LogP contribution in [0, 0.1) is 6.92 Å². The summed E-state index contributed by atoms with van der Waals surface area (Å²) in [4.78, 5) is 16.6. The van der Waals surface area contributed by atoms with E-state index in [1.807, 2.05) is 56.3 Å². The molecule has 2 amide bonds. The Morgan fingerprint density at radius 3 is 2.30 bits per heavy atom. The fourth-order valence-corrected chi connectivity index (χ4v) is 5.85. The Hall–Kier alpha value is -2.54. The monoisotopic (exact) mass is 386 g/mol. The zero-order valence-corrected chi connectivity index (χ0v) is 16.1. The van der Waals surface area contributed by atoms with Gasteiger partial charge in [0.25, 0.3) is 0 Å². The minimum Gasteiger partial charge on any atom is -0.492 e. The minimum atomic E-state index is -3.22. The van der Waals surface area contributed by atoms with Crippen molar-refractivity contribution in [3.8, 4) is 5.75 Å². The Balaban J connectivity index is 1.81. The van der Waals surface area contributed by atoms with Crippen LogP contribution in [0.25, 0.3) is 0 Å². The molecule has 0 saturated carbocycles. The number of benzene rings is 2. The fourth-order valence-electron chi connectivity index (χ4n) is 3.93. The maximum absolute atomic E-state index is 13.4. The van der Waals surface area contributed by atoms with E-state index in [-0.39, 0.29) is 17.5 Å². The first-order valence-electron chi connectivity index (χ1n) is 9.02. The molecule has 2 heterocycles. The van der Waals surface area contributed by atoms with Gasteiger partial charge in [-0.15, -0.1) is 0 Å². The van der Waals surface area contributed by atoms with Crippen molar-refractivity contribution in [3.63, 3.8) is 0 Å². The molecule has 0 aromatic heterocycles. The smallest absolute Gasteiger partial charge is 0.329 e. The van der Waals surface area contributed by atoms with Gasteiger partial charge in [0, 0.05) is 5.69 Å². The van der Waals surface area contributed by atoms with Crippen molar-refractivity contribution >= 4 is 27.2 Å². The van der Waals surface area contributed by atoms with Crippen LogP contribution in [0.3, 0.4) is 0 Å². The average Bonchev–Trinajstić information content (AvgIpc) is 3.06. The first-order valence-corrected chi connectivity index (χ1v) is 10.8. The number of fused-ring (bicyclic) bond motifs is 1. The molecule has 0 radical (unpaired) electrons. The van der Waals surface area contributed by atoms with E-state index in [1.165, 1.54) is 0 Å². The van der Waals surface area contributed by atoms with E-state index in [0.717, 1.165) is 5.56 Å². The summed E-state index contributed by atoms with van der Waals surface area (Å²) in [5, 5.41) is 0. The van der Waals surface area contributed by atoms with Crippen LogP contribution in [0.1, 0.15) is 12.5 Å². The van der Waals surface area contributed by atoms with Gasteiger partial charge in [-0.05, 0) is 38.1 Å². The number of sulfone groups is 1. The molecular weight excluding hydrogens is 364 g/mol. The largest absolute Gasteiger partial charge is 0.492 e. The van der Waals surface area contributed by atoms with Crippen molar-refractivity contribution in [3.05, 3.63) is 54.1 Å². The summed E-state index contributed by atoms with van der Waals surface area (Å²) in [6, 6.07) is 13.8. The Labute approximate surface area is 159 Å². The number of urea groups is 1. The molecule has 27 heavy (non-hydrogen) atoms. The van der Waals surface area contributed by atoms with Gasteiger partial charge >= 0.3 is 6.03 Å². The highest BCUT2D eigenvalue weighted by Crippen LogP contribution is 2.41. The number of para-hydroxylation sites is 2. The van der Waals surface area contributed by atoms with Crippen molar-refractivity contribution < 1.29 is 17.9 Å². The first kappa shape index (κ1) is 17.9. The fraction of sp³-hybridized carbons (Fsp3) is 0.350. The molecule has 2 aromatic rings. The lowest BCUT2D eigenvalue weighted by atomic mass is 10.1. The molecule has 0 N–H and O–H groups in total. The summed E-state index contributed by atoms with van der Waals surface area (Å²) in [5.74, 6) is 0.527. The number of hydrogen-bond donors (Lipinski definition) is 0. The standard InChI is InChI=1S/C20H22N2O4S/c1-3-26-19-7-5-4-6-16(19)22-18-13-27(24,25)12-17(18)21(20(22)23)15-10-8-14(2)9-11-15/h4-11,17-18H,3,12-13H2,1-2H3/t17-,18+/m1/s1. The van der Waals surface area contributed by atoms with Gasteiger partial charge in [0.1, 0.15) is 5.75 Å². The quantitative estimate of drug-likeness (QED) is 0.758. The molecule has 2 aliphatic rings. The van der Waals surface area contributed by atoms with Crippen molar-refractivity contribution in [1.29, 1.82) is 0 Å². The van der Waals surface area contributed by atoms with Crippen LogP contribution in [-0.4, -0.2) is 44.6 Å². The first-order chi connectivity index (χ1) is 12.9. The Bertz CT molecular complexity index is 972. The van der Waals surface area contributed by atoms with Crippen LogP contribution in [0.5, 0.6) is 5.75 Å². The third-order valence-electron chi connectivity index (χ3n) is 5.11. The van der Waals surface area contributed by atoms with Gasteiger partial charge in [0.15, 0.2) is 9.84 Å². The van der Waals surface area contributed by atoms with Crippen molar-refractivity contribution in [2.75, 3.05) is 27.9 Å². The van der Waals surface area contributed by atoms with Gasteiger partial charge in [-0.25, -0.2) is 13.2 Å². The normalized spacial score (nSPS) is 23.6. The molecule has 4 rings (SSSR count). The summed E-state index contributed by atoms with van der Waals surface area (Å²) in [5.41, 5.74) is 2.42. The highest BCUT2D eigenvalue weighted by Gasteiger charge is 2.54. The van der Waals surface area contributed by atoms with Crippen LogP contribution in [-0.2, 0) is 9.84 Å². The number of hydrogen-bond acceptors (Lipinski definition) is 4. The molecule has 2 atom stereocenters. The molecule has 0 aliphatic carbocycles. The molecule has 2 aromatic carbocycles. The third-order valence-corrected chi connectivity index (χ3v) is 6.80. The number of carbonyl (C=O) groups excluding carboxylic acids is 1. The Morgan fingerprint density at radius 2 is 1.63 bits per heavy atom. The molecule has 2 fully saturated rings. The molecular formula is C20H22N2O4S. The second-order valence-electron chi connectivity index (χ2n) is 6.97. The van der Waals surface area contributed by atoms with E-state index >= 15 is 0 Å². The van der Waals surface area contributed by atoms with E-state index < -0.39 is 21.9 Å².